The van der Waals surface area contributed by atoms with E-state index in [9.17, 15) is 0 Å². The lowest BCUT2D eigenvalue weighted by atomic mass is 9.94. The minimum atomic E-state index is 0.632. The molecule has 1 aliphatic rings. The van der Waals surface area contributed by atoms with Crippen molar-refractivity contribution in [3.8, 4) is 0 Å². The maximum atomic E-state index is 4.46. The molecule has 0 spiro atoms. The lowest BCUT2D eigenvalue weighted by Gasteiger charge is -2.24. The Morgan fingerprint density at radius 3 is 2.82 bits per heavy atom. The van der Waals surface area contributed by atoms with Gasteiger partial charge in [0.1, 0.15) is 0 Å². The molecule has 0 radical (unpaired) electrons. The van der Waals surface area contributed by atoms with Crippen molar-refractivity contribution in [3.05, 3.63) is 30.1 Å². The Kier molecular flexibility index (Phi) is 4.99. The van der Waals surface area contributed by atoms with E-state index in [0.29, 0.717) is 6.04 Å². The van der Waals surface area contributed by atoms with Crippen LogP contribution in [0.15, 0.2) is 24.4 Å². The van der Waals surface area contributed by atoms with Crippen LogP contribution >= 0.6 is 0 Å². The molecule has 0 aliphatic heterocycles. The van der Waals surface area contributed by atoms with E-state index < -0.39 is 0 Å². The summed E-state index contributed by atoms with van der Waals surface area (Å²) in [4.78, 5) is 4.46. The van der Waals surface area contributed by atoms with E-state index in [1.54, 1.807) is 0 Å². The number of pyridine rings is 1. The first kappa shape index (κ1) is 12.6. The number of hydrogen-bond donors (Lipinski definition) is 1. The molecule has 1 atom stereocenters. The molecule has 1 heterocycles. The molecule has 0 amide bonds. The van der Waals surface area contributed by atoms with Crippen LogP contribution in [0.4, 0.5) is 0 Å². The van der Waals surface area contributed by atoms with Gasteiger partial charge in [0.05, 0.1) is 0 Å². The Morgan fingerprint density at radius 1 is 1.35 bits per heavy atom. The monoisotopic (exact) mass is 232 g/mol. The van der Waals surface area contributed by atoms with Crippen molar-refractivity contribution in [2.75, 3.05) is 6.54 Å². The van der Waals surface area contributed by atoms with Crippen molar-refractivity contribution < 1.29 is 0 Å². The second-order valence-corrected chi connectivity index (χ2v) is 5.13. The summed E-state index contributed by atoms with van der Waals surface area (Å²) in [6, 6.07) is 6.86. The predicted molar refractivity (Wildman–Crippen MR) is 72.0 cm³/mol. The molecule has 17 heavy (non-hydrogen) atoms. The van der Waals surface area contributed by atoms with Crippen LogP contribution in [0.2, 0.25) is 0 Å². The third-order valence-electron chi connectivity index (χ3n) is 3.78. The van der Waals surface area contributed by atoms with Gasteiger partial charge in [-0.25, -0.2) is 0 Å². The average Bonchev–Trinajstić information content (AvgIpc) is 2.89. The first-order valence-electron chi connectivity index (χ1n) is 7.03. The summed E-state index contributed by atoms with van der Waals surface area (Å²) in [6.45, 7) is 3.37. The molecule has 1 aliphatic carbocycles. The number of aromatic nitrogens is 1. The fourth-order valence-corrected chi connectivity index (χ4v) is 2.84. The summed E-state index contributed by atoms with van der Waals surface area (Å²) in [6.07, 6.45) is 9.83. The predicted octanol–water partition coefficient (Wildman–Crippen LogP) is 3.18. The van der Waals surface area contributed by atoms with Gasteiger partial charge in [-0.2, -0.15) is 0 Å². The summed E-state index contributed by atoms with van der Waals surface area (Å²) in [5, 5.41) is 3.72. The van der Waals surface area contributed by atoms with Crippen LogP contribution in [-0.2, 0) is 6.42 Å². The van der Waals surface area contributed by atoms with Crippen molar-refractivity contribution in [1.82, 2.24) is 10.3 Å². The fraction of sp³-hybridized carbons (Fsp3) is 0.667. The quantitative estimate of drug-likeness (QED) is 0.815. The molecule has 1 N–H and O–H groups in total. The summed E-state index contributed by atoms with van der Waals surface area (Å²) < 4.78 is 0. The zero-order valence-corrected chi connectivity index (χ0v) is 10.9. The first-order chi connectivity index (χ1) is 8.40. The van der Waals surface area contributed by atoms with Crippen molar-refractivity contribution >= 4 is 0 Å². The summed E-state index contributed by atoms with van der Waals surface area (Å²) in [7, 11) is 0. The van der Waals surface area contributed by atoms with E-state index in [2.05, 4.69) is 29.4 Å². The van der Waals surface area contributed by atoms with Crippen LogP contribution in [0.3, 0.4) is 0 Å². The van der Waals surface area contributed by atoms with E-state index in [0.717, 1.165) is 18.9 Å². The highest BCUT2D eigenvalue weighted by molar-refractivity contribution is 5.06. The number of rotatable bonds is 6. The fourth-order valence-electron chi connectivity index (χ4n) is 2.84. The van der Waals surface area contributed by atoms with E-state index in [-0.39, 0.29) is 0 Å². The van der Waals surface area contributed by atoms with Crippen LogP contribution in [-0.4, -0.2) is 17.6 Å². The molecule has 1 fully saturated rings. The van der Waals surface area contributed by atoms with Gasteiger partial charge in [-0.1, -0.05) is 25.8 Å². The Bertz CT molecular complexity index is 304. The van der Waals surface area contributed by atoms with Gasteiger partial charge in [-0.3, -0.25) is 4.98 Å². The molecule has 1 saturated carbocycles. The third-order valence-corrected chi connectivity index (χ3v) is 3.78. The molecule has 0 bridgehead atoms. The normalized spacial score (nSPS) is 18.4. The third kappa shape index (κ3) is 3.81. The number of nitrogens with one attached hydrogen (secondary N) is 1. The van der Waals surface area contributed by atoms with E-state index in [4.69, 9.17) is 0 Å². The van der Waals surface area contributed by atoms with Crippen LogP contribution in [0.5, 0.6) is 0 Å². The van der Waals surface area contributed by atoms with Crippen LogP contribution < -0.4 is 5.32 Å². The van der Waals surface area contributed by atoms with Gasteiger partial charge in [0.25, 0.3) is 0 Å². The molecule has 94 valence electrons. The Balaban J connectivity index is 1.94. The second-order valence-electron chi connectivity index (χ2n) is 5.13. The van der Waals surface area contributed by atoms with E-state index >= 15 is 0 Å². The SMILES string of the molecule is CCCNC(Cc1ccccn1)C1CCCC1. The maximum Gasteiger partial charge on any atom is 0.0419 e. The van der Waals surface area contributed by atoms with Gasteiger partial charge in [-0.15, -0.1) is 0 Å². The lowest BCUT2D eigenvalue weighted by Crippen LogP contribution is -2.37. The summed E-state index contributed by atoms with van der Waals surface area (Å²) in [5.41, 5.74) is 1.23. The molecule has 2 nitrogen and oxygen atoms in total. The Labute approximate surface area is 105 Å². The lowest BCUT2D eigenvalue weighted by molar-refractivity contribution is 0.354. The van der Waals surface area contributed by atoms with Crippen LogP contribution in [0.1, 0.15) is 44.7 Å². The molecular weight excluding hydrogens is 208 g/mol. The average molecular weight is 232 g/mol. The minimum absolute atomic E-state index is 0.632. The van der Waals surface area contributed by atoms with Gasteiger partial charge in [-0.05, 0) is 43.9 Å². The molecular formula is C15H24N2. The van der Waals surface area contributed by atoms with Gasteiger partial charge in [0.2, 0.25) is 0 Å². The van der Waals surface area contributed by atoms with E-state index in [1.165, 1.54) is 37.8 Å². The standard InChI is InChI=1S/C15H24N2/c1-2-10-17-15(13-7-3-4-8-13)12-14-9-5-6-11-16-14/h5-6,9,11,13,15,17H,2-4,7-8,10,12H2,1H3. The van der Waals surface area contributed by atoms with Crippen molar-refractivity contribution in [2.24, 2.45) is 5.92 Å². The van der Waals surface area contributed by atoms with E-state index in [1.807, 2.05) is 12.3 Å². The minimum Gasteiger partial charge on any atom is -0.313 e. The first-order valence-corrected chi connectivity index (χ1v) is 7.03. The zero-order chi connectivity index (χ0) is 11.9. The molecule has 1 aromatic heterocycles. The molecule has 1 unspecified atom stereocenters. The highest BCUT2D eigenvalue weighted by Gasteiger charge is 2.24. The number of hydrogen-bond acceptors (Lipinski definition) is 2. The van der Waals surface area contributed by atoms with Crippen molar-refractivity contribution in [3.63, 3.8) is 0 Å². The number of nitrogens with zero attached hydrogens (tertiary/aromatic N) is 1. The highest BCUT2D eigenvalue weighted by Crippen LogP contribution is 2.29. The summed E-state index contributed by atoms with van der Waals surface area (Å²) in [5.74, 6) is 0.864. The van der Waals surface area contributed by atoms with Crippen LogP contribution in [0.25, 0.3) is 0 Å². The topological polar surface area (TPSA) is 24.9 Å². The smallest absolute Gasteiger partial charge is 0.0419 e. The molecule has 0 aromatic carbocycles. The maximum absolute atomic E-state index is 4.46. The largest absolute Gasteiger partial charge is 0.313 e. The van der Waals surface area contributed by atoms with Gasteiger partial charge in [0.15, 0.2) is 0 Å². The van der Waals surface area contributed by atoms with Gasteiger partial charge >= 0.3 is 0 Å². The van der Waals surface area contributed by atoms with Crippen molar-refractivity contribution in [2.45, 2.75) is 51.5 Å². The van der Waals surface area contributed by atoms with Gasteiger partial charge in [0, 0.05) is 24.4 Å². The zero-order valence-electron chi connectivity index (χ0n) is 10.9. The van der Waals surface area contributed by atoms with Crippen molar-refractivity contribution in [1.29, 1.82) is 0 Å². The molecule has 2 heteroatoms. The van der Waals surface area contributed by atoms with Gasteiger partial charge < -0.3 is 5.32 Å². The Morgan fingerprint density at radius 2 is 2.18 bits per heavy atom. The molecule has 1 aromatic rings. The van der Waals surface area contributed by atoms with Crippen LogP contribution in [0, 0.1) is 5.92 Å². The summed E-state index contributed by atoms with van der Waals surface area (Å²) >= 11 is 0. The Hall–Kier alpha value is -0.890. The molecule has 0 saturated heterocycles. The molecule has 2 rings (SSSR count). The highest BCUT2D eigenvalue weighted by atomic mass is 14.9. The second kappa shape index (κ2) is 6.75.